The zero-order valence-electron chi connectivity index (χ0n) is 10.8. The van der Waals surface area contributed by atoms with Crippen LogP contribution in [-0.4, -0.2) is 36.8 Å². The molecule has 1 aromatic rings. The molecule has 5 nitrogen and oxygen atoms in total. The van der Waals surface area contributed by atoms with Gasteiger partial charge in [0.05, 0.1) is 6.61 Å². The normalized spacial score (nSPS) is 10.3. The Labute approximate surface area is 103 Å². The highest BCUT2D eigenvalue weighted by Crippen LogP contribution is 2.11. The third-order valence-corrected chi connectivity index (χ3v) is 2.17. The molecule has 5 heteroatoms. The molecular formula is C12H21N3O2. The number of rotatable bonds is 8. The molecule has 0 spiro atoms. The first-order valence-corrected chi connectivity index (χ1v) is 6.00. The monoisotopic (exact) mass is 239 g/mol. The molecule has 0 atom stereocenters. The summed E-state index contributed by atoms with van der Waals surface area (Å²) in [4.78, 5) is 8.37. The van der Waals surface area contributed by atoms with Crippen molar-refractivity contribution in [1.29, 1.82) is 0 Å². The second kappa shape index (κ2) is 7.84. The van der Waals surface area contributed by atoms with Gasteiger partial charge in [-0.05, 0) is 13.3 Å². The Morgan fingerprint density at radius 3 is 2.76 bits per heavy atom. The maximum Gasteiger partial charge on any atom is 0.225 e. The fourth-order valence-electron chi connectivity index (χ4n) is 1.28. The summed E-state index contributed by atoms with van der Waals surface area (Å²) in [7, 11) is 1.78. The van der Waals surface area contributed by atoms with Crippen LogP contribution in [-0.2, 0) is 4.74 Å². The minimum absolute atomic E-state index is 0.517. The van der Waals surface area contributed by atoms with Crippen molar-refractivity contribution >= 4 is 5.95 Å². The van der Waals surface area contributed by atoms with Gasteiger partial charge in [0.15, 0.2) is 0 Å². The summed E-state index contributed by atoms with van der Waals surface area (Å²) in [5.41, 5.74) is 0.881. The molecule has 1 aromatic heterocycles. The molecule has 0 unspecified atom stereocenters. The predicted octanol–water partition coefficient (Wildman–Crippen LogP) is 2.02. The Kier molecular flexibility index (Phi) is 6.32. The summed E-state index contributed by atoms with van der Waals surface area (Å²) >= 11 is 0. The molecule has 1 N–H and O–H groups in total. The minimum atomic E-state index is 0.517. The first-order chi connectivity index (χ1) is 8.26. The number of hydrogen-bond donors (Lipinski definition) is 1. The van der Waals surface area contributed by atoms with E-state index in [1.54, 1.807) is 7.05 Å². The van der Waals surface area contributed by atoms with Crippen LogP contribution in [0.1, 0.15) is 25.5 Å². The molecule has 96 valence electrons. The van der Waals surface area contributed by atoms with E-state index in [1.807, 2.05) is 13.0 Å². The standard InChI is InChI=1S/C12H21N3O2/c1-4-5-6-16-7-8-17-11-9-10(2)14-12(13-3)15-11/h9H,4-8H2,1-3H3,(H,13,14,15). The summed E-state index contributed by atoms with van der Waals surface area (Å²) in [5, 5.41) is 2.89. The van der Waals surface area contributed by atoms with E-state index >= 15 is 0 Å². The van der Waals surface area contributed by atoms with Crippen LogP contribution < -0.4 is 10.1 Å². The average Bonchev–Trinajstić information content (AvgIpc) is 2.33. The zero-order chi connectivity index (χ0) is 12.5. The zero-order valence-corrected chi connectivity index (χ0v) is 10.8. The fraction of sp³-hybridized carbons (Fsp3) is 0.667. The van der Waals surface area contributed by atoms with Crippen LogP contribution in [0.3, 0.4) is 0 Å². The SMILES string of the molecule is CCCCOCCOc1cc(C)nc(NC)n1. The number of ether oxygens (including phenoxy) is 2. The highest BCUT2D eigenvalue weighted by Gasteiger charge is 2.01. The van der Waals surface area contributed by atoms with Crippen molar-refractivity contribution in [3.63, 3.8) is 0 Å². The maximum atomic E-state index is 5.49. The second-order valence-corrected chi connectivity index (χ2v) is 3.74. The summed E-state index contributed by atoms with van der Waals surface area (Å²) < 4.78 is 10.9. The molecule has 0 amide bonds. The summed E-state index contributed by atoms with van der Waals surface area (Å²) in [5.74, 6) is 1.16. The maximum absolute atomic E-state index is 5.49. The molecule has 0 aliphatic heterocycles. The van der Waals surface area contributed by atoms with Gasteiger partial charge in [-0.3, -0.25) is 0 Å². The number of aromatic nitrogens is 2. The van der Waals surface area contributed by atoms with Crippen LogP contribution in [0, 0.1) is 6.92 Å². The average molecular weight is 239 g/mol. The van der Waals surface area contributed by atoms with E-state index in [0.29, 0.717) is 25.0 Å². The van der Waals surface area contributed by atoms with Gasteiger partial charge in [0.25, 0.3) is 0 Å². The van der Waals surface area contributed by atoms with E-state index in [4.69, 9.17) is 9.47 Å². The fourth-order valence-corrected chi connectivity index (χ4v) is 1.28. The van der Waals surface area contributed by atoms with Gasteiger partial charge in [-0.15, -0.1) is 0 Å². The molecule has 0 bridgehead atoms. The van der Waals surface area contributed by atoms with Gasteiger partial charge in [-0.2, -0.15) is 4.98 Å². The molecule has 0 radical (unpaired) electrons. The van der Waals surface area contributed by atoms with Crippen LogP contribution >= 0.6 is 0 Å². The van der Waals surface area contributed by atoms with Crippen LogP contribution in [0.2, 0.25) is 0 Å². The van der Waals surface area contributed by atoms with Gasteiger partial charge in [-0.25, -0.2) is 4.98 Å². The van der Waals surface area contributed by atoms with E-state index in [2.05, 4.69) is 22.2 Å². The van der Waals surface area contributed by atoms with Crippen molar-refractivity contribution in [2.24, 2.45) is 0 Å². The molecular weight excluding hydrogens is 218 g/mol. The molecule has 0 saturated carbocycles. The van der Waals surface area contributed by atoms with Crippen LogP contribution in [0.4, 0.5) is 5.95 Å². The van der Waals surface area contributed by atoms with Crippen molar-refractivity contribution in [2.75, 3.05) is 32.2 Å². The Balaban J connectivity index is 2.28. The van der Waals surface area contributed by atoms with E-state index in [1.165, 1.54) is 0 Å². The lowest BCUT2D eigenvalue weighted by Crippen LogP contribution is -2.09. The lowest BCUT2D eigenvalue weighted by atomic mass is 10.4. The summed E-state index contributed by atoms with van der Waals surface area (Å²) in [6, 6.07) is 1.81. The molecule has 0 saturated heterocycles. The quantitative estimate of drug-likeness (QED) is 0.703. The van der Waals surface area contributed by atoms with Crippen molar-refractivity contribution in [3.05, 3.63) is 11.8 Å². The topological polar surface area (TPSA) is 56.3 Å². The van der Waals surface area contributed by atoms with Gasteiger partial charge in [0.1, 0.15) is 6.61 Å². The molecule has 1 rings (SSSR count). The molecule has 1 heterocycles. The van der Waals surface area contributed by atoms with Crippen molar-refractivity contribution in [3.8, 4) is 5.88 Å². The third-order valence-electron chi connectivity index (χ3n) is 2.17. The lowest BCUT2D eigenvalue weighted by molar-refractivity contribution is 0.0965. The van der Waals surface area contributed by atoms with Gasteiger partial charge in [-0.1, -0.05) is 13.3 Å². The second-order valence-electron chi connectivity index (χ2n) is 3.74. The molecule has 17 heavy (non-hydrogen) atoms. The number of nitrogens with one attached hydrogen (secondary N) is 1. The van der Waals surface area contributed by atoms with Gasteiger partial charge >= 0.3 is 0 Å². The van der Waals surface area contributed by atoms with E-state index < -0.39 is 0 Å². The Morgan fingerprint density at radius 2 is 2.06 bits per heavy atom. The Hall–Kier alpha value is -1.36. The number of hydrogen-bond acceptors (Lipinski definition) is 5. The first kappa shape index (κ1) is 13.7. The van der Waals surface area contributed by atoms with E-state index in [9.17, 15) is 0 Å². The van der Waals surface area contributed by atoms with E-state index in [0.717, 1.165) is 25.1 Å². The highest BCUT2D eigenvalue weighted by molar-refractivity contribution is 5.29. The van der Waals surface area contributed by atoms with Crippen LogP contribution in [0.25, 0.3) is 0 Å². The largest absolute Gasteiger partial charge is 0.475 e. The minimum Gasteiger partial charge on any atom is -0.475 e. The number of unbranched alkanes of at least 4 members (excludes halogenated alkanes) is 1. The predicted molar refractivity (Wildman–Crippen MR) is 67.5 cm³/mol. The Morgan fingerprint density at radius 1 is 1.24 bits per heavy atom. The van der Waals surface area contributed by atoms with Crippen molar-refractivity contribution < 1.29 is 9.47 Å². The van der Waals surface area contributed by atoms with Gasteiger partial charge < -0.3 is 14.8 Å². The third kappa shape index (κ3) is 5.49. The van der Waals surface area contributed by atoms with E-state index in [-0.39, 0.29) is 0 Å². The smallest absolute Gasteiger partial charge is 0.225 e. The van der Waals surface area contributed by atoms with Crippen LogP contribution in [0.5, 0.6) is 5.88 Å². The number of aryl methyl sites for hydroxylation is 1. The number of nitrogens with zero attached hydrogens (tertiary/aromatic N) is 2. The molecule has 0 aliphatic carbocycles. The van der Waals surface area contributed by atoms with Crippen molar-refractivity contribution in [2.45, 2.75) is 26.7 Å². The van der Waals surface area contributed by atoms with Gasteiger partial charge in [0, 0.05) is 25.4 Å². The van der Waals surface area contributed by atoms with Crippen molar-refractivity contribution in [1.82, 2.24) is 9.97 Å². The Bertz CT molecular complexity index is 332. The molecule has 0 fully saturated rings. The highest BCUT2D eigenvalue weighted by atomic mass is 16.5. The molecule has 0 aliphatic rings. The lowest BCUT2D eigenvalue weighted by Gasteiger charge is -2.08. The van der Waals surface area contributed by atoms with Crippen LogP contribution in [0.15, 0.2) is 6.07 Å². The molecule has 0 aromatic carbocycles. The number of anilines is 1. The summed E-state index contributed by atoms with van der Waals surface area (Å²) in [6.07, 6.45) is 2.24. The van der Waals surface area contributed by atoms with Gasteiger partial charge in [0.2, 0.25) is 11.8 Å². The summed E-state index contributed by atoms with van der Waals surface area (Å²) in [6.45, 7) is 5.96. The first-order valence-electron chi connectivity index (χ1n) is 6.00.